The Bertz CT molecular complexity index is 411. The summed E-state index contributed by atoms with van der Waals surface area (Å²) in [5.74, 6) is -0.346. The molecule has 100 valence electrons. The summed E-state index contributed by atoms with van der Waals surface area (Å²) in [6.07, 6.45) is 2.51. The normalized spacial score (nSPS) is 22.3. The van der Waals surface area contributed by atoms with E-state index in [-0.39, 0.29) is 16.9 Å². The summed E-state index contributed by atoms with van der Waals surface area (Å²) >= 11 is 5.68. The highest BCUT2D eigenvalue weighted by Gasteiger charge is 2.21. The summed E-state index contributed by atoms with van der Waals surface area (Å²) in [4.78, 5) is 2.38. The predicted octanol–water partition coefficient (Wildman–Crippen LogP) is 3.22. The van der Waals surface area contributed by atoms with Crippen molar-refractivity contribution < 1.29 is 4.39 Å². The molecule has 1 N–H and O–H groups in total. The van der Waals surface area contributed by atoms with Crippen LogP contribution in [0.1, 0.15) is 31.4 Å². The minimum absolute atomic E-state index is 0.144. The first-order chi connectivity index (χ1) is 8.58. The molecule has 1 heterocycles. The Morgan fingerprint density at radius 3 is 2.94 bits per heavy atom. The van der Waals surface area contributed by atoms with Crippen molar-refractivity contribution in [2.45, 2.75) is 31.8 Å². The quantitative estimate of drug-likeness (QED) is 0.904. The highest BCUT2D eigenvalue weighted by atomic mass is 35.5. The molecule has 0 aliphatic carbocycles. The van der Waals surface area contributed by atoms with E-state index in [0.29, 0.717) is 6.04 Å². The molecule has 2 unspecified atom stereocenters. The fourth-order valence-corrected chi connectivity index (χ4v) is 2.57. The Labute approximate surface area is 113 Å². The second kappa shape index (κ2) is 6.00. The number of likely N-dealkylation sites (N-methyl/N-ethyl adjacent to an activating group) is 1. The standard InChI is InChI=1S/C14H20ClFN2/c1-10(11-5-6-13(15)14(16)8-11)17-9-12-4-3-7-18(12)2/h5-6,8,10,12,17H,3-4,7,9H2,1-2H3. The van der Waals surface area contributed by atoms with E-state index in [0.717, 1.165) is 12.1 Å². The van der Waals surface area contributed by atoms with E-state index in [9.17, 15) is 4.39 Å². The third-order valence-electron chi connectivity index (χ3n) is 3.77. The van der Waals surface area contributed by atoms with Crippen LogP contribution in [0.4, 0.5) is 4.39 Å². The number of hydrogen-bond donors (Lipinski definition) is 1. The topological polar surface area (TPSA) is 15.3 Å². The average molecular weight is 271 g/mol. The molecule has 0 saturated carbocycles. The lowest BCUT2D eigenvalue weighted by atomic mass is 10.1. The van der Waals surface area contributed by atoms with Crippen molar-refractivity contribution >= 4 is 11.6 Å². The number of hydrogen-bond acceptors (Lipinski definition) is 2. The zero-order chi connectivity index (χ0) is 13.1. The summed E-state index contributed by atoms with van der Waals surface area (Å²) in [5, 5.41) is 3.65. The second-order valence-corrected chi connectivity index (χ2v) is 5.49. The summed E-state index contributed by atoms with van der Waals surface area (Å²) in [6, 6.07) is 5.75. The van der Waals surface area contributed by atoms with Gasteiger partial charge in [-0.3, -0.25) is 0 Å². The summed E-state index contributed by atoms with van der Waals surface area (Å²) in [5.41, 5.74) is 0.942. The fraction of sp³-hybridized carbons (Fsp3) is 0.571. The van der Waals surface area contributed by atoms with Crippen LogP contribution < -0.4 is 5.32 Å². The van der Waals surface area contributed by atoms with Gasteiger partial charge in [0.1, 0.15) is 5.82 Å². The maximum Gasteiger partial charge on any atom is 0.142 e. The van der Waals surface area contributed by atoms with Crippen molar-refractivity contribution in [2.75, 3.05) is 20.1 Å². The Balaban J connectivity index is 1.90. The van der Waals surface area contributed by atoms with Crippen LogP contribution in [0.5, 0.6) is 0 Å². The number of rotatable bonds is 4. The molecule has 1 aliphatic rings. The first-order valence-corrected chi connectivity index (χ1v) is 6.84. The van der Waals surface area contributed by atoms with E-state index in [1.165, 1.54) is 25.5 Å². The van der Waals surface area contributed by atoms with E-state index in [1.54, 1.807) is 6.07 Å². The lowest BCUT2D eigenvalue weighted by Crippen LogP contribution is -2.36. The number of halogens is 2. The maximum absolute atomic E-state index is 13.4. The first kappa shape index (κ1) is 13.8. The molecule has 4 heteroatoms. The van der Waals surface area contributed by atoms with Crippen molar-refractivity contribution in [1.29, 1.82) is 0 Å². The summed E-state index contributed by atoms with van der Waals surface area (Å²) in [6.45, 7) is 4.18. The molecule has 1 aliphatic heterocycles. The molecule has 1 aromatic rings. The number of benzene rings is 1. The Hall–Kier alpha value is -0.640. The molecule has 18 heavy (non-hydrogen) atoms. The highest BCUT2D eigenvalue weighted by molar-refractivity contribution is 6.30. The molecule has 1 aromatic carbocycles. The van der Waals surface area contributed by atoms with Gasteiger partial charge in [-0.2, -0.15) is 0 Å². The lowest BCUT2D eigenvalue weighted by molar-refractivity contribution is 0.293. The Kier molecular flexibility index (Phi) is 4.60. The number of nitrogens with one attached hydrogen (secondary N) is 1. The van der Waals surface area contributed by atoms with Crippen molar-refractivity contribution in [3.05, 3.63) is 34.6 Å². The van der Waals surface area contributed by atoms with Gasteiger partial charge >= 0.3 is 0 Å². The Morgan fingerprint density at radius 2 is 2.33 bits per heavy atom. The van der Waals surface area contributed by atoms with Gasteiger partial charge in [0.2, 0.25) is 0 Å². The van der Waals surface area contributed by atoms with Crippen molar-refractivity contribution in [3.63, 3.8) is 0 Å². The van der Waals surface area contributed by atoms with E-state index >= 15 is 0 Å². The van der Waals surface area contributed by atoms with Crippen LogP contribution >= 0.6 is 11.6 Å². The monoisotopic (exact) mass is 270 g/mol. The number of nitrogens with zero attached hydrogens (tertiary/aromatic N) is 1. The SMILES string of the molecule is CC(NCC1CCCN1C)c1ccc(Cl)c(F)c1. The van der Waals surface area contributed by atoms with Gasteiger partial charge in [0.25, 0.3) is 0 Å². The zero-order valence-electron chi connectivity index (χ0n) is 10.9. The van der Waals surface area contributed by atoms with Gasteiger partial charge < -0.3 is 10.2 Å². The van der Waals surface area contributed by atoms with Crippen LogP contribution in [0, 0.1) is 5.82 Å². The molecular weight excluding hydrogens is 251 g/mol. The zero-order valence-corrected chi connectivity index (χ0v) is 11.7. The molecule has 0 aromatic heterocycles. The molecule has 0 amide bonds. The van der Waals surface area contributed by atoms with Gasteiger partial charge in [-0.25, -0.2) is 4.39 Å². The van der Waals surface area contributed by atoms with Crippen LogP contribution in [0.25, 0.3) is 0 Å². The molecule has 1 fully saturated rings. The smallest absolute Gasteiger partial charge is 0.142 e. The molecular formula is C14H20ClFN2. The van der Waals surface area contributed by atoms with Crippen molar-refractivity contribution in [2.24, 2.45) is 0 Å². The minimum Gasteiger partial charge on any atom is -0.309 e. The van der Waals surface area contributed by atoms with Crippen molar-refractivity contribution in [3.8, 4) is 0 Å². The van der Waals surface area contributed by atoms with Gasteiger partial charge in [0.15, 0.2) is 0 Å². The average Bonchev–Trinajstić information content (AvgIpc) is 2.75. The van der Waals surface area contributed by atoms with Crippen LogP contribution in [0.3, 0.4) is 0 Å². The molecule has 2 rings (SSSR count). The largest absolute Gasteiger partial charge is 0.309 e. The molecule has 0 spiro atoms. The second-order valence-electron chi connectivity index (χ2n) is 5.08. The van der Waals surface area contributed by atoms with Crippen LogP contribution in [0.2, 0.25) is 5.02 Å². The van der Waals surface area contributed by atoms with E-state index in [1.807, 2.05) is 6.07 Å². The van der Waals surface area contributed by atoms with Crippen LogP contribution in [-0.2, 0) is 0 Å². The highest BCUT2D eigenvalue weighted by Crippen LogP contribution is 2.21. The third-order valence-corrected chi connectivity index (χ3v) is 4.08. The minimum atomic E-state index is -0.346. The third kappa shape index (κ3) is 3.22. The van der Waals surface area contributed by atoms with E-state index in [4.69, 9.17) is 11.6 Å². The van der Waals surface area contributed by atoms with Crippen LogP contribution in [-0.4, -0.2) is 31.1 Å². The van der Waals surface area contributed by atoms with Gasteiger partial charge in [0.05, 0.1) is 5.02 Å². The van der Waals surface area contributed by atoms with Crippen LogP contribution in [0.15, 0.2) is 18.2 Å². The Morgan fingerprint density at radius 1 is 1.56 bits per heavy atom. The molecule has 2 nitrogen and oxygen atoms in total. The van der Waals surface area contributed by atoms with Gasteiger partial charge in [-0.15, -0.1) is 0 Å². The van der Waals surface area contributed by atoms with Gasteiger partial charge in [-0.1, -0.05) is 17.7 Å². The van der Waals surface area contributed by atoms with E-state index in [2.05, 4.69) is 24.2 Å². The molecule has 1 saturated heterocycles. The van der Waals surface area contributed by atoms with Crippen molar-refractivity contribution in [1.82, 2.24) is 10.2 Å². The fourth-order valence-electron chi connectivity index (χ4n) is 2.45. The van der Waals surface area contributed by atoms with Gasteiger partial charge in [0, 0.05) is 18.6 Å². The molecule has 0 bridgehead atoms. The maximum atomic E-state index is 13.4. The number of likely N-dealkylation sites (tertiary alicyclic amines) is 1. The first-order valence-electron chi connectivity index (χ1n) is 6.46. The predicted molar refractivity (Wildman–Crippen MR) is 73.5 cm³/mol. The lowest BCUT2D eigenvalue weighted by Gasteiger charge is -2.22. The van der Waals surface area contributed by atoms with Gasteiger partial charge in [-0.05, 0) is 51.1 Å². The summed E-state index contributed by atoms with van der Waals surface area (Å²) in [7, 11) is 2.16. The molecule has 2 atom stereocenters. The summed E-state index contributed by atoms with van der Waals surface area (Å²) < 4.78 is 13.4. The molecule has 0 radical (unpaired) electrons. The van der Waals surface area contributed by atoms with E-state index < -0.39 is 0 Å².